The molecule has 0 amide bonds. The summed E-state index contributed by atoms with van der Waals surface area (Å²) in [6.45, 7) is 5.64. The third-order valence-corrected chi connectivity index (χ3v) is 5.14. The smallest absolute Gasteiger partial charge is 0.191 e. The van der Waals surface area contributed by atoms with Crippen molar-refractivity contribution in [2.24, 2.45) is 4.99 Å². The number of nitrogens with zero attached hydrogens (tertiary/aromatic N) is 3. The fourth-order valence-electron chi connectivity index (χ4n) is 2.52. The maximum absolute atomic E-state index is 5.76. The van der Waals surface area contributed by atoms with Crippen molar-refractivity contribution in [3.8, 4) is 0 Å². The van der Waals surface area contributed by atoms with E-state index in [0.717, 1.165) is 55.9 Å². The molecule has 0 bridgehead atoms. The van der Waals surface area contributed by atoms with Crippen LogP contribution in [-0.4, -0.2) is 64.1 Å². The molecule has 25 heavy (non-hydrogen) atoms. The molecular formula is C16H30IN5O2S. The van der Waals surface area contributed by atoms with Gasteiger partial charge in [-0.1, -0.05) is 0 Å². The number of halogens is 1. The Hall–Kier alpha value is -0.650. The van der Waals surface area contributed by atoms with Gasteiger partial charge in [0.15, 0.2) is 11.1 Å². The van der Waals surface area contributed by atoms with Crippen LogP contribution in [0.1, 0.15) is 25.5 Å². The minimum atomic E-state index is -0.173. The summed E-state index contributed by atoms with van der Waals surface area (Å²) >= 11 is 1.63. The molecule has 1 aromatic heterocycles. The molecule has 0 radical (unpaired) electrons. The molecule has 9 heteroatoms. The summed E-state index contributed by atoms with van der Waals surface area (Å²) in [5.41, 5.74) is 0.807. The summed E-state index contributed by atoms with van der Waals surface area (Å²) in [7, 11) is 5.76. The van der Waals surface area contributed by atoms with Crippen LogP contribution in [0.4, 0.5) is 5.13 Å². The zero-order valence-corrected chi connectivity index (χ0v) is 18.6. The van der Waals surface area contributed by atoms with E-state index in [9.17, 15) is 0 Å². The van der Waals surface area contributed by atoms with E-state index in [2.05, 4.69) is 32.9 Å². The zero-order valence-electron chi connectivity index (χ0n) is 15.5. The molecule has 0 aliphatic carbocycles. The van der Waals surface area contributed by atoms with Crippen LogP contribution < -0.4 is 15.5 Å². The van der Waals surface area contributed by atoms with Crippen molar-refractivity contribution in [1.29, 1.82) is 0 Å². The van der Waals surface area contributed by atoms with E-state index in [-0.39, 0.29) is 29.6 Å². The zero-order chi connectivity index (χ0) is 17.4. The molecule has 0 saturated carbocycles. The Morgan fingerprint density at radius 2 is 2.12 bits per heavy atom. The second kappa shape index (κ2) is 11.1. The van der Waals surface area contributed by atoms with Gasteiger partial charge in [-0.2, -0.15) is 0 Å². The molecule has 1 saturated heterocycles. The quantitative estimate of drug-likeness (QED) is 0.352. The fraction of sp³-hybridized carbons (Fsp3) is 0.750. The second-order valence-electron chi connectivity index (χ2n) is 6.06. The van der Waals surface area contributed by atoms with Crippen molar-refractivity contribution in [3.63, 3.8) is 0 Å². The number of aromatic nitrogens is 1. The van der Waals surface area contributed by atoms with Gasteiger partial charge in [-0.25, -0.2) is 9.98 Å². The van der Waals surface area contributed by atoms with Crippen LogP contribution in [0.15, 0.2) is 10.4 Å². The number of nitrogens with one attached hydrogen (secondary N) is 2. The average Bonchev–Trinajstić information content (AvgIpc) is 3.07. The number of hydrogen-bond donors (Lipinski definition) is 2. The summed E-state index contributed by atoms with van der Waals surface area (Å²) in [4.78, 5) is 11.2. The number of aliphatic imine (C=N–C) groups is 1. The Morgan fingerprint density at radius 3 is 2.68 bits per heavy atom. The van der Waals surface area contributed by atoms with Crippen LogP contribution in [0.25, 0.3) is 0 Å². The number of anilines is 1. The average molecular weight is 483 g/mol. The number of thiazole rings is 1. The van der Waals surface area contributed by atoms with E-state index in [1.165, 1.54) is 0 Å². The summed E-state index contributed by atoms with van der Waals surface area (Å²) in [5.74, 6) is 0.791. The number of hydrogen-bond acceptors (Lipinski definition) is 6. The summed E-state index contributed by atoms with van der Waals surface area (Å²) in [5, 5.41) is 9.74. The predicted octanol–water partition coefficient (Wildman–Crippen LogP) is 2.08. The SMILES string of the molecule is CCNC(=NCc1csc(N(C)C)n1)NCC1(OC)CCOCC1.I. The van der Waals surface area contributed by atoms with Gasteiger partial charge in [0.05, 0.1) is 17.8 Å². The van der Waals surface area contributed by atoms with Crippen LogP contribution in [0, 0.1) is 0 Å². The third-order valence-electron chi connectivity index (χ3n) is 4.08. The van der Waals surface area contributed by atoms with Crippen LogP contribution in [0.2, 0.25) is 0 Å². The van der Waals surface area contributed by atoms with Gasteiger partial charge in [0.1, 0.15) is 0 Å². The Kier molecular flexibility index (Phi) is 9.98. The normalized spacial score (nSPS) is 16.9. The molecule has 7 nitrogen and oxygen atoms in total. The van der Waals surface area contributed by atoms with E-state index >= 15 is 0 Å². The van der Waals surface area contributed by atoms with Crippen LogP contribution in [0.5, 0.6) is 0 Å². The molecule has 0 unspecified atom stereocenters. The Labute approximate surface area is 171 Å². The van der Waals surface area contributed by atoms with Gasteiger partial charge in [0.25, 0.3) is 0 Å². The Bertz CT molecular complexity index is 532. The highest BCUT2D eigenvalue weighted by Gasteiger charge is 2.32. The van der Waals surface area contributed by atoms with E-state index in [1.807, 2.05) is 19.0 Å². The van der Waals surface area contributed by atoms with E-state index in [4.69, 9.17) is 9.47 Å². The molecular weight excluding hydrogens is 453 g/mol. The number of ether oxygens (including phenoxy) is 2. The Morgan fingerprint density at radius 1 is 1.40 bits per heavy atom. The lowest BCUT2D eigenvalue weighted by Gasteiger charge is -2.36. The molecule has 144 valence electrons. The molecule has 0 aromatic carbocycles. The fourth-order valence-corrected chi connectivity index (χ4v) is 3.27. The lowest BCUT2D eigenvalue weighted by atomic mass is 9.94. The number of guanidine groups is 1. The molecule has 1 aromatic rings. The van der Waals surface area contributed by atoms with Crippen LogP contribution in [-0.2, 0) is 16.0 Å². The van der Waals surface area contributed by atoms with Gasteiger partial charge in [0, 0.05) is 65.7 Å². The highest BCUT2D eigenvalue weighted by Crippen LogP contribution is 2.23. The van der Waals surface area contributed by atoms with Gasteiger partial charge in [-0.05, 0) is 6.92 Å². The number of rotatable bonds is 7. The maximum Gasteiger partial charge on any atom is 0.191 e. The first-order valence-electron chi connectivity index (χ1n) is 8.35. The van der Waals surface area contributed by atoms with Crippen LogP contribution in [0.3, 0.4) is 0 Å². The van der Waals surface area contributed by atoms with Gasteiger partial charge in [0.2, 0.25) is 0 Å². The summed E-state index contributed by atoms with van der Waals surface area (Å²) in [6, 6.07) is 0. The minimum absolute atomic E-state index is 0. The molecule has 1 aliphatic heterocycles. The van der Waals surface area contributed by atoms with Gasteiger partial charge in [-0.3, -0.25) is 0 Å². The predicted molar refractivity (Wildman–Crippen MR) is 114 cm³/mol. The second-order valence-corrected chi connectivity index (χ2v) is 6.90. The van der Waals surface area contributed by atoms with Crippen molar-refractivity contribution < 1.29 is 9.47 Å². The first-order chi connectivity index (χ1) is 11.6. The van der Waals surface area contributed by atoms with Crippen LogP contribution >= 0.6 is 35.3 Å². The largest absolute Gasteiger partial charge is 0.381 e. The lowest BCUT2D eigenvalue weighted by Crippen LogP contribution is -2.50. The molecule has 1 aliphatic rings. The molecule has 2 heterocycles. The minimum Gasteiger partial charge on any atom is -0.381 e. The molecule has 2 rings (SSSR count). The molecule has 1 fully saturated rings. The topological polar surface area (TPSA) is 71.0 Å². The van der Waals surface area contributed by atoms with Crippen molar-refractivity contribution in [2.45, 2.75) is 31.9 Å². The third kappa shape index (κ3) is 6.87. The van der Waals surface area contributed by atoms with Gasteiger partial charge < -0.3 is 25.0 Å². The standard InChI is InChI=1S/C16H29N5O2S.HI/c1-5-17-14(18-10-13-11-24-15(20-13)21(2)3)19-12-16(22-4)6-8-23-9-7-16;/h11H,5-10,12H2,1-4H3,(H2,17,18,19);1H. The lowest BCUT2D eigenvalue weighted by molar-refractivity contribution is -0.0855. The van der Waals surface area contributed by atoms with E-state index in [1.54, 1.807) is 18.4 Å². The van der Waals surface area contributed by atoms with Gasteiger partial charge in [-0.15, -0.1) is 35.3 Å². The van der Waals surface area contributed by atoms with Gasteiger partial charge >= 0.3 is 0 Å². The van der Waals surface area contributed by atoms with Crippen molar-refractivity contribution >= 4 is 46.4 Å². The van der Waals surface area contributed by atoms with E-state index < -0.39 is 0 Å². The van der Waals surface area contributed by atoms with E-state index in [0.29, 0.717) is 6.54 Å². The molecule has 0 atom stereocenters. The first kappa shape index (κ1) is 22.4. The van der Waals surface area contributed by atoms with Crippen molar-refractivity contribution in [3.05, 3.63) is 11.1 Å². The summed E-state index contributed by atoms with van der Waals surface area (Å²) < 4.78 is 11.2. The molecule has 2 N–H and O–H groups in total. The highest BCUT2D eigenvalue weighted by molar-refractivity contribution is 14.0. The summed E-state index contributed by atoms with van der Waals surface area (Å²) in [6.07, 6.45) is 1.79. The van der Waals surface area contributed by atoms with Crippen molar-refractivity contribution in [1.82, 2.24) is 15.6 Å². The number of methoxy groups -OCH3 is 1. The first-order valence-corrected chi connectivity index (χ1v) is 9.23. The Balaban J connectivity index is 0.00000312. The maximum atomic E-state index is 5.76. The molecule has 0 spiro atoms. The highest BCUT2D eigenvalue weighted by atomic mass is 127. The van der Waals surface area contributed by atoms with Crippen molar-refractivity contribution in [2.75, 3.05) is 52.4 Å². The monoisotopic (exact) mass is 483 g/mol.